The number of imidazole rings is 1. The number of nitrogens with zero attached hydrogens (tertiary/aromatic N) is 4. The van der Waals surface area contributed by atoms with Gasteiger partial charge in [0.05, 0.1) is 48.8 Å². The number of nitrogens with two attached hydrogens (primary N) is 1. The number of carbonyl (C=O) groups excluding carboxylic acids is 1. The summed E-state index contributed by atoms with van der Waals surface area (Å²) in [6.45, 7) is 1.63. The van der Waals surface area contributed by atoms with Gasteiger partial charge in [-0.05, 0) is 31.7 Å². The van der Waals surface area contributed by atoms with Crippen molar-refractivity contribution in [3.05, 3.63) is 29.7 Å². The van der Waals surface area contributed by atoms with Gasteiger partial charge in [-0.2, -0.15) is 31.4 Å². The zero-order valence-electron chi connectivity index (χ0n) is 19.7. The molecule has 0 aromatic carbocycles. The third kappa shape index (κ3) is 5.69. The van der Waals surface area contributed by atoms with Crippen LogP contribution in [-0.2, 0) is 4.74 Å². The van der Waals surface area contributed by atoms with Crippen LogP contribution in [-0.4, -0.2) is 63.2 Å². The highest BCUT2D eigenvalue weighted by atomic mass is 19.4. The molecule has 0 bridgehead atoms. The second kappa shape index (κ2) is 9.36. The smallest absolute Gasteiger partial charge is 0.376 e. The van der Waals surface area contributed by atoms with Crippen LogP contribution in [0.5, 0.6) is 0 Å². The average Bonchev–Trinajstić information content (AvgIpc) is 3.36. The number of carbonyl (C=O) groups is 1. The molecular weight excluding hydrogens is 494 g/mol. The maximum atomic E-state index is 13.2. The number of hydrogen-bond acceptors (Lipinski definition) is 5. The number of urea groups is 1. The summed E-state index contributed by atoms with van der Waals surface area (Å²) >= 11 is 0. The van der Waals surface area contributed by atoms with E-state index in [9.17, 15) is 31.1 Å². The number of aromatic nitrogens is 3. The monoisotopic (exact) mass is 522 g/mol. The first-order valence-electron chi connectivity index (χ1n) is 11.6. The molecule has 3 atom stereocenters. The summed E-state index contributed by atoms with van der Waals surface area (Å²) in [4.78, 5) is 17.9. The highest BCUT2D eigenvalue weighted by Gasteiger charge is 2.49. The van der Waals surface area contributed by atoms with E-state index in [1.54, 1.807) is 6.07 Å². The van der Waals surface area contributed by atoms with Gasteiger partial charge in [-0.25, -0.2) is 14.3 Å². The van der Waals surface area contributed by atoms with Crippen LogP contribution in [0, 0.1) is 5.41 Å². The van der Waals surface area contributed by atoms with Gasteiger partial charge in [-0.3, -0.25) is 0 Å². The Morgan fingerprint density at radius 1 is 1.22 bits per heavy atom. The van der Waals surface area contributed by atoms with Gasteiger partial charge in [0.2, 0.25) is 0 Å². The molecule has 3 N–H and O–H groups in total. The van der Waals surface area contributed by atoms with Gasteiger partial charge in [-0.1, -0.05) is 13.8 Å². The summed E-state index contributed by atoms with van der Waals surface area (Å²) < 4.78 is 86.2. The first-order valence-corrected chi connectivity index (χ1v) is 11.6. The van der Waals surface area contributed by atoms with Crippen LogP contribution >= 0.6 is 0 Å². The summed E-state index contributed by atoms with van der Waals surface area (Å²) in [6.07, 6.45) is -4.53. The van der Waals surface area contributed by atoms with Crippen molar-refractivity contribution < 1.29 is 35.9 Å². The van der Waals surface area contributed by atoms with E-state index in [2.05, 4.69) is 10.1 Å². The topological polar surface area (TPSA) is 97.8 Å². The Balaban J connectivity index is 1.54. The van der Waals surface area contributed by atoms with E-state index in [1.165, 1.54) is 16.9 Å². The van der Waals surface area contributed by atoms with Gasteiger partial charge in [0.25, 0.3) is 0 Å². The number of halogens is 6. The Morgan fingerprint density at radius 3 is 2.50 bits per heavy atom. The average molecular weight is 522 g/mol. The van der Waals surface area contributed by atoms with Crippen molar-refractivity contribution in [3.8, 4) is 0 Å². The predicted molar refractivity (Wildman–Crippen MR) is 116 cm³/mol. The van der Waals surface area contributed by atoms with E-state index in [0.717, 1.165) is 31.6 Å². The highest BCUT2D eigenvalue weighted by molar-refractivity contribution is 5.77. The fraction of sp³-hybridized carbons (Fsp3) is 0.682. The zero-order valence-corrected chi connectivity index (χ0v) is 19.7. The van der Waals surface area contributed by atoms with E-state index >= 15 is 0 Å². The van der Waals surface area contributed by atoms with E-state index in [0.29, 0.717) is 16.9 Å². The van der Waals surface area contributed by atoms with E-state index < -0.39 is 48.5 Å². The quantitative estimate of drug-likeness (QED) is 0.480. The molecule has 1 aliphatic heterocycles. The summed E-state index contributed by atoms with van der Waals surface area (Å²) in [7, 11) is 0. The molecule has 3 heterocycles. The summed E-state index contributed by atoms with van der Waals surface area (Å²) in [5.41, 5.74) is 5.26. The van der Waals surface area contributed by atoms with Crippen molar-refractivity contribution in [3.63, 3.8) is 0 Å². The van der Waals surface area contributed by atoms with E-state index in [1.807, 2.05) is 5.32 Å². The van der Waals surface area contributed by atoms with Crippen LogP contribution in [0.4, 0.5) is 31.1 Å². The van der Waals surface area contributed by atoms with Crippen LogP contribution in [0.15, 0.2) is 18.5 Å². The molecule has 4 rings (SSSR count). The van der Waals surface area contributed by atoms with Crippen molar-refractivity contribution in [1.82, 2.24) is 24.8 Å². The first kappa shape index (κ1) is 26.5. The van der Waals surface area contributed by atoms with Crippen molar-refractivity contribution in [2.24, 2.45) is 11.1 Å². The Kier molecular flexibility index (Phi) is 6.88. The fourth-order valence-corrected chi connectivity index (χ4v) is 3.92. The molecule has 1 saturated heterocycles. The Morgan fingerprint density at radius 2 is 1.92 bits per heavy atom. The largest absolute Gasteiger partial charge is 0.410 e. The fourth-order valence-electron chi connectivity index (χ4n) is 3.92. The molecular formula is C22H28F6N6O2. The highest BCUT2D eigenvalue weighted by Crippen LogP contribution is 2.42. The van der Waals surface area contributed by atoms with E-state index in [4.69, 9.17) is 10.5 Å². The molecule has 14 heteroatoms. The standard InChI is InChI=1S/C22H28F6N6O2/c1-20(2,22(26,27)28)6-5-14(29)15-9-34-18(31-15)7-12(8-30-34)16(11-36-13-3-4-13)33-10-17(21(23,24)25)32-19(33)35/h7-9,13-14,16-17H,3-6,10-11,29H2,1-2H3,(H,32,35)/t14-,16+,17-/m0/s1. The third-order valence-corrected chi connectivity index (χ3v) is 6.70. The Hall–Kier alpha value is -2.61. The number of nitrogens with one attached hydrogen (secondary N) is 1. The maximum Gasteiger partial charge on any atom is 0.410 e. The molecule has 0 radical (unpaired) electrons. The lowest BCUT2D eigenvalue weighted by atomic mass is 9.85. The molecule has 2 aromatic heterocycles. The number of amides is 2. The molecule has 2 aromatic rings. The Bertz CT molecular complexity index is 1100. The van der Waals surface area contributed by atoms with Crippen LogP contribution < -0.4 is 11.1 Å². The number of fused-ring (bicyclic) bond motifs is 1. The molecule has 0 unspecified atom stereocenters. The lowest BCUT2D eigenvalue weighted by molar-refractivity contribution is -0.214. The molecule has 2 amide bonds. The van der Waals surface area contributed by atoms with Crippen LogP contribution in [0.1, 0.15) is 62.9 Å². The lowest BCUT2D eigenvalue weighted by Gasteiger charge is -2.28. The maximum absolute atomic E-state index is 13.2. The molecule has 2 fully saturated rings. The van der Waals surface area contributed by atoms with Crippen molar-refractivity contribution in [1.29, 1.82) is 0 Å². The van der Waals surface area contributed by atoms with Gasteiger partial charge < -0.3 is 20.7 Å². The van der Waals surface area contributed by atoms with Crippen LogP contribution in [0.3, 0.4) is 0 Å². The zero-order chi connectivity index (χ0) is 26.5. The van der Waals surface area contributed by atoms with Gasteiger partial charge in [0.1, 0.15) is 6.04 Å². The number of hydrogen-bond donors (Lipinski definition) is 2. The van der Waals surface area contributed by atoms with Crippen molar-refractivity contribution >= 4 is 11.7 Å². The number of alkyl halides is 6. The van der Waals surface area contributed by atoms with E-state index in [-0.39, 0.29) is 25.6 Å². The molecule has 2 aliphatic rings. The van der Waals surface area contributed by atoms with Gasteiger partial charge in [0.15, 0.2) is 5.65 Å². The molecule has 1 aliphatic carbocycles. The normalized spacial score (nSPS) is 21.2. The summed E-state index contributed by atoms with van der Waals surface area (Å²) in [5, 5.41) is 6.20. The molecule has 1 saturated carbocycles. The number of ether oxygens (including phenoxy) is 1. The minimum absolute atomic E-state index is 0.00485. The molecule has 0 spiro atoms. The van der Waals surface area contributed by atoms with Gasteiger partial charge >= 0.3 is 18.4 Å². The molecule has 36 heavy (non-hydrogen) atoms. The first-order chi connectivity index (χ1) is 16.7. The third-order valence-electron chi connectivity index (χ3n) is 6.70. The minimum Gasteiger partial charge on any atom is -0.376 e. The summed E-state index contributed by atoms with van der Waals surface area (Å²) in [5.74, 6) is 0. The molecule has 200 valence electrons. The second-order valence-electron chi connectivity index (χ2n) is 10.0. The Labute approximate surface area is 203 Å². The van der Waals surface area contributed by atoms with Gasteiger partial charge in [-0.15, -0.1) is 0 Å². The number of rotatable bonds is 9. The van der Waals surface area contributed by atoms with Gasteiger partial charge in [0, 0.05) is 11.6 Å². The van der Waals surface area contributed by atoms with Crippen LogP contribution in [0.2, 0.25) is 0 Å². The SMILES string of the molecule is CC(C)(CC[C@H](N)c1cn2ncc([C@@H](COC3CC3)N3C[C@@H](C(F)(F)F)NC3=O)cc2n1)C(F)(F)F. The second-order valence-corrected chi connectivity index (χ2v) is 10.0. The lowest BCUT2D eigenvalue weighted by Crippen LogP contribution is -2.40. The van der Waals surface area contributed by atoms with Crippen molar-refractivity contribution in [2.75, 3.05) is 13.2 Å². The molecule has 8 nitrogen and oxygen atoms in total. The van der Waals surface area contributed by atoms with Crippen molar-refractivity contribution in [2.45, 2.75) is 76.1 Å². The minimum atomic E-state index is -4.59. The summed E-state index contributed by atoms with van der Waals surface area (Å²) in [6, 6.07) is -2.90. The van der Waals surface area contributed by atoms with Crippen LogP contribution in [0.25, 0.3) is 5.65 Å². The predicted octanol–water partition coefficient (Wildman–Crippen LogP) is 4.27.